The van der Waals surface area contributed by atoms with Crippen LogP contribution in [0.25, 0.3) is 0 Å². The average molecular weight is 386 g/mol. The number of amides is 1. The Kier molecular flexibility index (Phi) is 5.56. The smallest absolute Gasteiger partial charge is 0.347 e. The predicted octanol–water partition coefficient (Wildman–Crippen LogP) is 1.84. The van der Waals surface area contributed by atoms with Crippen molar-refractivity contribution in [3.63, 3.8) is 0 Å². The first-order chi connectivity index (χ1) is 13.0. The molecule has 3 rings (SSSR count). The lowest BCUT2D eigenvalue weighted by atomic mass is 10.1. The third-order valence-corrected chi connectivity index (χ3v) is 4.28. The van der Waals surface area contributed by atoms with E-state index in [2.05, 4.69) is 10.6 Å². The molecule has 0 radical (unpaired) electrons. The highest BCUT2D eigenvalue weighted by Crippen LogP contribution is 2.31. The first kappa shape index (κ1) is 18.7. The van der Waals surface area contributed by atoms with Gasteiger partial charge in [-0.3, -0.25) is 4.79 Å². The van der Waals surface area contributed by atoms with Gasteiger partial charge in [-0.15, -0.1) is 0 Å². The van der Waals surface area contributed by atoms with E-state index in [0.29, 0.717) is 28.8 Å². The fourth-order valence-electron chi connectivity index (χ4n) is 2.74. The van der Waals surface area contributed by atoms with E-state index in [-0.39, 0.29) is 11.5 Å². The van der Waals surface area contributed by atoms with Crippen LogP contribution in [0.3, 0.4) is 0 Å². The summed E-state index contributed by atoms with van der Waals surface area (Å²) >= 11 is 4.92. The monoisotopic (exact) mass is 386 g/mol. The van der Waals surface area contributed by atoms with Crippen LogP contribution >= 0.6 is 12.2 Å². The molecule has 1 unspecified atom stereocenters. The Morgan fingerprint density at radius 3 is 2.44 bits per heavy atom. The molecule has 8 heteroatoms. The van der Waals surface area contributed by atoms with Gasteiger partial charge in [0.05, 0.1) is 14.2 Å². The van der Waals surface area contributed by atoms with Crippen molar-refractivity contribution in [1.29, 1.82) is 0 Å². The zero-order chi connectivity index (χ0) is 19.4. The number of nitrogens with one attached hydrogen (secondary N) is 2. The summed E-state index contributed by atoms with van der Waals surface area (Å²) < 4.78 is 15.9. The maximum Gasteiger partial charge on any atom is 0.347 e. The molecule has 2 aromatic rings. The van der Waals surface area contributed by atoms with Gasteiger partial charge in [-0.05, 0) is 42.0 Å². The molecule has 1 aliphatic rings. The third kappa shape index (κ3) is 4.17. The fraction of sp³-hybridized carbons (Fsp3) is 0.211. The number of esters is 1. The summed E-state index contributed by atoms with van der Waals surface area (Å²) in [7, 11) is 2.96. The van der Waals surface area contributed by atoms with Gasteiger partial charge in [-0.1, -0.05) is 18.2 Å². The molecule has 27 heavy (non-hydrogen) atoms. The summed E-state index contributed by atoms with van der Waals surface area (Å²) in [6, 6.07) is 11.5. The van der Waals surface area contributed by atoms with E-state index in [9.17, 15) is 9.59 Å². The van der Waals surface area contributed by atoms with Crippen molar-refractivity contribution in [3.05, 3.63) is 53.6 Å². The largest absolute Gasteiger partial charge is 0.493 e. The van der Waals surface area contributed by atoms with Crippen molar-refractivity contribution in [1.82, 2.24) is 10.6 Å². The molecule has 1 aliphatic heterocycles. The van der Waals surface area contributed by atoms with Crippen LogP contribution in [0.1, 0.15) is 15.9 Å². The Morgan fingerprint density at radius 2 is 1.85 bits per heavy atom. The molecule has 0 bridgehead atoms. The van der Waals surface area contributed by atoms with E-state index >= 15 is 0 Å². The number of benzene rings is 2. The molecule has 1 heterocycles. The quantitative estimate of drug-likeness (QED) is 0.445. The summed E-state index contributed by atoms with van der Waals surface area (Å²) in [6.45, 7) is 0. The molecule has 0 aliphatic carbocycles. The zero-order valence-corrected chi connectivity index (χ0v) is 15.6. The second kappa shape index (κ2) is 8.05. The van der Waals surface area contributed by atoms with E-state index in [1.54, 1.807) is 42.5 Å². The number of hydrogen-bond acceptors (Lipinski definition) is 6. The lowest BCUT2D eigenvalue weighted by molar-refractivity contribution is -0.120. The number of rotatable bonds is 6. The van der Waals surface area contributed by atoms with Crippen LogP contribution in [0, 0.1) is 0 Å². The van der Waals surface area contributed by atoms with Gasteiger partial charge in [0.15, 0.2) is 16.6 Å². The molecule has 0 spiro atoms. The van der Waals surface area contributed by atoms with Crippen LogP contribution in [0.5, 0.6) is 17.2 Å². The summed E-state index contributed by atoms with van der Waals surface area (Å²) in [5.74, 6) is 0.438. The van der Waals surface area contributed by atoms with Crippen molar-refractivity contribution in [2.24, 2.45) is 0 Å². The van der Waals surface area contributed by atoms with Crippen LogP contribution in [0.15, 0.2) is 42.5 Å². The van der Waals surface area contributed by atoms with E-state index in [0.717, 1.165) is 5.56 Å². The van der Waals surface area contributed by atoms with Crippen LogP contribution in [-0.2, 0) is 11.2 Å². The van der Waals surface area contributed by atoms with Crippen molar-refractivity contribution >= 4 is 29.2 Å². The minimum Gasteiger partial charge on any atom is -0.493 e. The first-order valence-corrected chi connectivity index (χ1v) is 8.56. The molecule has 1 fully saturated rings. The maximum atomic E-state index is 12.5. The number of hydrogen-bond donors (Lipinski definition) is 2. The topological polar surface area (TPSA) is 85.9 Å². The molecular weight excluding hydrogens is 368 g/mol. The Bertz CT molecular complexity index is 882. The number of para-hydroxylation sites is 1. The zero-order valence-electron chi connectivity index (χ0n) is 14.8. The van der Waals surface area contributed by atoms with E-state index in [1.807, 2.05) is 0 Å². The van der Waals surface area contributed by atoms with Gasteiger partial charge in [0.1, 0.15) is 17.4 Å². The summed E-state index contributed by atoms with van der Waals surface area (Å²) in [5.41, 5.74) is 1.17. The average Bonchev–Trinajstić information content (AvgIpc) is 2.99. The van der Waals surface area contributed by atoms with Crippen molar-refractivity contribution < 1.29 is 23.8 Å². The van der Waals surface area contributed by atoms with Crippen LogP contribution in [0.4, 0.5) is 0 Å². The molecule has 1 atom stereocenters. The minimum absolute atomic E-state index is 0.152. The van der Waals surface area contributed by atoms with Gasteiger partial charge in [-0.2, -0.15) is 0 Å². The van der Waals surface area contributed by atoms with E-state index in [1.165, 1.54) is 14.2 Å². The number of carbonyl (C=O) groups is 2. The lowest BCUT2D eigenvalue weighted by Gasteiger charge is -2.12. The van der Waals surface area contributed by atoms with Gasteiger partial charge >= 0.3 is 5.97 Å². The molecule has 1 saturated heterocycles. The Labute approximate surface area is 161 Å². The highest BCUT2D eigenvalue weighted by Gasteiger charge is 2.27. The second-order valence-corrected chi connectivity index (χ2v) is 6.20. The van der Waals surface area contributed by atoms with Crippen LogP contribution in [-0.4, -0.2) is 37.3 Å². The standard InChI is InChI=1S/C19H18N2O5S/c1-24-15-5-3-4-13(16(15)25-2)18(23)26-12-8-6-11(7-9-12)10-14-17(22)21-19(27)20-14/h3-9,14H,10H2,1-2H3,(H2,20,21,22,27). The number of carbonyl (C=O) groups excluding carboxylic acids is 2. The van der Waals surface area contributed by atoms with Gasteiger partial charge in [0.2, 0.25) is 5.91 Å². The van der Waals surface area contributed by atoms with Gasteiger partial charge < -0.3 is 24.8 Å². The van der Waals surface area contributed by atoms with Gasteiger partial charge in [0.25, 0.3) is 0 Å². The summed E-state index contributed by atoms with van der Waals surface area (Å²) in [5, 5.41) is 5.79. The normalized spacial score (nSPS) is 15.7. The van der Waals surface area contributed by atoms with E-state index in [4.69, 9.17) is 26.4 Å². The fourth-order valence-corrected chi connectivity index (χ4v) is 2.98. The molecule has 0 aromatic heterocycles. The second-order valence-electron chi connectivity index (χ2n) is 5.79. The molecular formula is C19H18N2O5S. The maximum absolute atomic E-state index is 12.5. The Balaban J connectivity index is 1.69. The Hall–Kier alpha value is -3.13. The van der Waals surface area contributed by atoms with Crippen molar-refractivity contribution in [2.75, 3.05) is 14.2 Å². The highest BCUT2D eigenvalue weighted by atomic mass is 32.1. The van der Waals surface area contributed by atoms with Crippen molar-refractivity contribution in [3.8, 4) is 17.2 Å². The van der Waals surface area contributed by atoms with Crippen molar-refractivity contribution in [2.45, 2.75) is 12.5 Å². The molecule has 0 saturated carbocycles. The summed E-state index contributed by atoms with van der Waals surface area (Å²) in [4.78, 5) is 24.2. The lowest BCUT2D eigenvalue weighted by Crippen LogP contribution is -2.30. The number of thiocarbonyl (C=S) groups is 1. The van der Waals surface area contributed by atoms with Crippen LogP contribution in [0.2, 0.25) is 0 Å². The minimum atomic E-state index is -0.555. The summed E-state index contributed by atoms with van der Waals surface area (Å²) in [6.07, 6.45) is 0.476. The number of ether oxygens (including phenoxy) is 3. The predicted molar refractivity (Wildman–Crippen MR) is 102 cm³/mol. The first-order valence-electron chi connectivity index (χ1n) is 8.15. The van der Waals surface area contributed by atoms with Gasteiger partial charge in [0, 0.05) is 6.42 Å². The molecule has 2 N–H and O–H groups in total. The molecule has 140 valence electrons. The van der Waals surface area contributed by atoms with Gasteiger partial charge in [-0.25, -0.2) is 4.79 Å². The molecule has 2 aromatic carbocycles. The highest BCUT2D eigenvalue weighted by molar-refractivity contribution is 7.80. The Morgan fingerprint density at radius 1 is 1.11 bits per heavy atom. The molecule has 1 amide bonds. The van der Waals surface area contributed by atoms with Crippen LogP contribution < -0.4 is 24.8 Å². The molecule has 7 nitrogen and oxygen atoms in total. The van der Waals surface area contributed by atoms with E-state index < -0.39 is 12.0 Å². The number of methoxy groups -OCH3 is 2. The SMILES string of the molecule is COc1cccc(C(=O)Oc2ccc(CC3NC(=S)NC3=O)cc2)c1OC. The third-order valence-electron chi connectivity index (χ3n) is 4.06.